The van der Waals surface area contributed by atoms with Gasteiger partial charge in [0.2, 0.25) is 0 Å². The average Bonchev–Trinajstić information content (AvgIpc) is 2.45. The fourth-order valence-corrected chi connectivity index (χ4v) is 2.15. The number of halogens is 2. The molecule has 0 aliphatic rings. The highest BCUT2D eigenvalue weighted by Gasteiger charge is 2.13. The van der Waals surface area contributed by atoms with Crippen LogP contribution in [0.1, 0.15) is 21.5 Å². The van der Waals surface area contributed by atoms with Crippen molar-refractivity contribution in [2.45, 2.75) is 6.61 Å². The van der Waals surface area contributed by atoms with Crippen LogP contribution in [0.4, 0.5) is 5.69 Å². The molecule has 0 unspecified atom stereocenters. The number of benzene rings is 2. The lowest BCUT2D eigenvalue weighted by Gasteiger charge is -2.08. The minimum absolute atomic E-state index is 0.00984. The fourth-order valence-electron chi connectivity index (χ4n) is 1.65. The number of rotatable bonds is 3. The van der Waals surface area contributed by atoms with Gasteiger partial charge in [0, 0.05) is 16.3 Å². The maximum absolute atomic E-state index is 11.9. The number of nitrogens with zero attached hydrogens (tertiary/aromatic N) is 1. The van der Waals surface area contributed by atoms with Gasteiger partial charge in [-0.1, -0.05) is 29.3 Å². The van der Waals surface area contributed by atoms with E-state index in [0.717, 1.165) is 0 Å². The van der Waals surface area contributed by atoms with E-state index in [2.05, 4.69) is 0 Å². The van der Waals surface area contributed by atoms with Gasteiger partial charge in [-0.2, -0.15) is 5.26 Å². The molecule has 21 heavy (non-hydrogen) atoms. The zero-order valence-corrected chi connectivity index (χ0v) is 12.3. The van der Waals surface area contributed by atoms with Crippen LogP contribution < -0.4 is 5.73 Å². The van der Waals surface area contributed by atoms with E-state index in [1.807, 2.05) is 6.07 Å². The van der Waals surface area contributed by atoms with Crippen molar-refractivity contribution in [3.05, 3.63) is 63.1 Å². The molecule has 0 saturated heterocycles. The molecule has 6 heteroatoms. The molecule has 2 aromatic rings. The van der Waals surface area contributed by atoms with Gasteiger partial charge >= 0.3 is 5.97 Å². The number of hydrogen-bond acceptors (Lipinski definition) is 4. The molecule has 106 valence electrons. The molecule has 0 atom stereocenters. The van der Waals surface area contributed by atoms with Crippen molar-refractivity contribution in [3.63, 3.8) is 0 Å². The van der Waals surface area contributed by atoms with Crippen LogP contribution in [0.3, 0.4) is 0 Å². The molecule has 0 aromatic heterocycles. The Morgan fingerprint density at radius 1 is 1.19 bits per heavy atom. The maximum Gasteiger partial charge on any atom is 0.339 e. The molecule has 2 rings (SSSR count). The lowest BCUT2D eigenvalue weighted by Crippen LogP contribution is -2.06. The van der Waals surface area contributed by atoms with Crippen molar-refractivity contribution in [2.75, 3.05) is 5.73 Å². The topological polar surface area (TPSA) is 76.1 Å². The third-order valence-electron chi connectivity index (χ3n) is 2.75. The van der Waals surface area contributed by atoms with Crippen LogP contribution in [0.25, 0.3) is 0 Å². The molecule has 0 spiro atoms. The van der Waals surface area contributed by atoms with Crippen LogP contribution in [-0.2, 0) is 11.3 Å². The van der Waals surface area contributed by atoms with E-state index in [1.54, 1.807) is 18.2 Å². The third kappa shape index (κ3) is 3.66. The number of esters is 1. The fraction of sp³-hybridized carbons (Fsp3) is 0.0667. The molecule has 0 bridgehead atoms. The number of nitrogen functional groups attached to an aromatic ring is 1. The molecule has 0 aliphatic heterocycles. The van der Waals surface area contributed by atoms with Crippen molar-refractivity contribution in [2.24, 2.45) is 0 Å². The smallest absolute Gasteiger partial charge is 0.339 e. The number of nitriles is 1. The summed E-state index contributed by atoms with van der Waals surface area (Å²) in [5.41, 5.74) is 7.30. The SMILES string of the molecule is N#Cc1ccc(COC(=O)c2ccc(N)cc2Cl)c(Cl)c1. The first-order valence-electron chi connectivity index (χ1n) is 5.92. The van der Waals surface area contributed by atoms with Crippen LogP contribution in [-0.4, -0.2) is 5.97 Å². The minimum Gasteiger partial charge on any atom is -0.457 e. The number of ether oxygens (including phenoxy) is 1. The van der Waals surface area contributed by atoms with Gasteiger partial charge < -0.3 is 10.5 Å². The first kappa shape index (κ1) is 15.2. The van der Waals surface area contributed by atoms with Gasteiger partial charge in [0.15, 0.2) is 0 Å². The largest absolute Gasteiger partial charge is 0.457 e. The summed E-state index contributed by atoms with van der Waals surface area (Å²) in [5.74, 6) is -0.569. The summed E-state index contributed by atoms with van der Waals surface area (Å²) in [5, 5.41) is 9.35. The van der Waals surface area contributed by atoms with E-state index >= 15 is 0 Å². The Bertz CT molecular complexity index is 739. The molecule has 4 nitrogen and oxygen atoms in total. The second kappa shape index (κ2) is 6.49. The summed E-state index contributed by atoms with van der Waals surface area (Å²) < 4.78 is 5.16. The summed E-state index contributed by atoms with van der Waals surface area (Å²) in [7, 11) is 0. The number of hydrogen-bond donors (Lipinski definition) is 1. The van der Waals surface area contributed by atoms with E-state index in [1.165, 1.54) is 18.2 Å². The predicted octanol–water partition coefficient (Wildman–Crippen LogP) is 3.80. The van der Waals surface area contributed by atoms with Crippen LogP contribution in [0, 0.1) is 11.3 Å². The summed E-state index contributed by atoms with van der Waals surface area (Å²) in [6.07, 6.45) is 0. The van der Waals surface area contributed by atoms with Crippen molar-refractivity contribution in [1.29, 1.82) is 5.26 Å². The molecule has 2 N–H and O–H groups in total. The van der Waals surface area contributed by atoms with E-state index < -0.39 is 5.97 Å². The normalized spacial score (nSPS) is 9.95. The minimum atomic E-state index is -0.569. The molecule has 2 aromatic carbocycles. The van der Waals surface area contributed by atoms with Crippen LogP contribution in [0.2, 0.25) is 10.0 Å². The van der Waals surface area contributed by atoms with Crippen molar-refractivity contribution in [1.82, 2.24) is 0 Å². The van der Waals surface area contributed by atoms with E-state index in [-0.39, 0.29) is 17.2 Å². The van der Waals surface area contributed by atoms with E-state index in [9.17, 15) is 4.79 Å². The van der Waals surface area contributed by atoms with Gasteiger partial charge in [-0.3, -0.25) is 0 Å². The zero-order chi connectivity index (χ0) is 15.4. The predicted molar refractivity (Wildman–Crippen MR) is 81.2 cm³/mol. The van der Waals surface area contributed by atoms with Crippen LogP contribution in [0.5, 0.6) is 0 Å². The molecule has 0 heterocycles. The summed E-state index contributed by atoms with van der Waals surface area (Å²) in [6.45, 7) is -0.00984. The Morgan fingerprint density at radius 2 is 1.95 bits per heavy atom. The number of carbonyl (C=O) groups excluding carboxylic acids is 1. The van der Waals surface area contributed by atoms with E-state index in [0.29, 0.717) is 21.8 Å². The summed E-state index contributed by atoms with van der Waals surface area (Å²) in [4.78, 5) is 11.9. The summed E-state index contributed by atoms with van der Waals surface area (Å²) in [6, 6.07) is 11.3. The Labute approximate surface area is 131 Å². The third-order valence-corrected chi connectivity index (χ3v) is 3.42. The lowest BCUT2D eigenvalue weighted by molar-refractivity contribution is 0.0473. The Morgan fingerprint density at radius 3 is 2.57 bits per heavy atom. The maximum atomic E-state index is 11.9. The van der Waals surface area contributed by atoms with Gasteiger partial charge in [0.05, 0.1) is 22.2 Å². The molecular formula is C15H10Cl2N2O2. The highest BCUT2D eigenvalue weighted by atomic mass is 35.5. The number of nitrogens with two attached hydrogens (primary N) is 1. The summed E-state index contributed by atoms with van der Waals surface area (Å²) >= 11 is 11.9. The van der Waals surface area contributed by atoms with Gasteiger partial charge in [0.1, 0.15) is 6.61 Å². The van der Waals surface area contributed by atoms with Crippen LogP contribution in [0.15, 0.2) is 36.4 Å². The highest BCUT2D eigenvalue weighted by Crippen LogP contribution is 2.22. The van der Waals surface area contributed by atoms with Crippen LogP contribution >= 0.6 is 23.2 Å². The highest BCUT2D eigenvalue weighted by molar-refractivity contribution is 6.33. The number of carbonyl (C=O) groups is 1. The molecule has 0 saturated carbocycles. The van der Waals surface area contributed by atoms with Gasteiger partial charge in [-0.25, -0.2) is 4.79 Å². The quantitative estimate of drug-likeness (QED) is 0.689. The van der Waals surface area contributed by atoms with Gasteiger partial charge in [-0.15, -0.1) is 0 Å². The van der Waals surface area contributed by atoms with Gasteiger partial charge in [-0.05, 0) is 30.3 Å². The first-order valence-corrected chi connectivity index (χ1v) is 6.67. The second-order valence-electron chi connectivity index (χ2n) is 4.23. The molecule has 0 fully saturated rings. The number of anilines is 1. The van der Waals surface area contributed by atoms with E-state index in [4.69, 9.17) is 38.9 Å². The monoisotopic (exact) mass is 320 g/mol. The van der Waals surface area contributed by atoms with Gasteiger partial charge in [0.25, 0.3) is 0 Å². The molecule has 0 radical (unpaired) electrons. The second-order valence-corrected chi connectivity index (χ2v) is 5.05. The Kier molecular flexibility index (Phi) is 4.69. The van der Waals surface area contributed by atoms with Crippen molar-refractivity contribution in [3.8, 4) is 6.07 Å². The Balaban J connectivity index is 2.09. The zero-order valence-electron chi connectivity index (χ0n) is 10.8. The average molecular weight is 321 g/mol. The Hall–Kier alpha value is -2.22. The van der Waals surface area contributed by atoms with Crippen molar-refractivity contribution >= 4 is 34.9 Å². The molecule has 0 amide bonds. The first-order chi connectivity index (χ1) is 10.0. The van der Waals surface area contributed by atoms with Crippen molar-refractivity contribution < 1.29 is 9.53 Å². The lowest BCUT2D eigenvalue weighted by atomic mass is 10.1. The molecule has 0 aliphatic carbocycles. The standard InChI is InChI=1S/C15H10Cl2N2O2/c16-13-5-9(7-18)1-2-10(13)8-21-15(20)12-4-3-11(19)6-14(12)17/h1-6H,8,19H2. The molecular weight excluding hydrogens is 311 g/mol.